The van der Waals surface area contributed by atoms with Crippen LogP contribution in [-0.2, 0) is 0 Å². The topological polar surface area (TPSA) is 9.86 Å². The van der Waals surface area contributed by atoms with Gasteiger partial charge in [0.25, 0.3) is 6.71 Å². The third kappa shape index (κ3) is 5.37. The van der Waals surface area contributed by atoms with Crippen molar-refractivity contribution in [2.24, 2.45) is 0 Å². The number of aromatic nitrogens is 2. The summed E-state index contributed by atoms with van der Waals surface area (Å²) in [5, 5.41) is 16.2. The summed E-state index contributed by atoms with van der Waals surface area (Å²) < 4.78 is 5.41. The number of para-hydroxylation sites is 4. The third-order valence-electron chi connectivity index (χ3n) is 16.2. The molecule has 0 atom stereocenters. The van der Waals surface area contributed by atoms with E-state index in [0.29, 0.717) is 0 Å². The number of benzene rings is 11. The van der Waals surface area contributed by atoms with Crippen molar-refractivity contribution in [2.45, 2.75) is 0 Å². The van der Waals surface area contributed by atoms with E-state index < -0.39 is 16.1 Å². The smallest absolute Gasteiger partial charge is 0.252 e. The summed E-state index contributed by atoms with van der Waals surface area (Å²) in [5.74, 6) is 0. The molecule has 0 amide bonds. The van der Waals surface area contributed by atoms with Crippen LogP contribution in [0.5, 0.6) is 0 Å². The highest BCUT2D eigenvalue weighted by molar-refractivity contribution is 7.21. The van der Waals surface area contributed by atoms with Gasteiger partial charge in [-0.15, -0.1) is 0 Å². The van der Waals surface area contributed by atoms with Crippen molar-refractivity contribution in [1.82, 2.24) is 9.13 Å². The fourth-order valence-electron chi connectivity index (χ4n) is 13.6. The maximum atomic E-state index is 2.70. The first-order chi connectivity index (χ1) is 35.3. The van der Waals surface area contributed by atoms with E-state index in [1.165, 1.54) is 113 Å². The monoisotopic (exact) mass is 932 g/mol. The molecule has 13 aromatic rings. The van der Waals surface area contributed by atoms with Crippen LogP contribution in [0.2, 0.25) is 0 Å². The highest BCUT2D eigenvalue weighted by atomic mass is 28.3. The van der Waals surface area contributed by atoms with Gasteiger partial charge in [-0.25, -0.2) is 0 Å². The molecule has 5 heteroatoms. The van der Waals surface area contributed by atoms with Crippen LogP contribution < -0.4 is 57.9 Å². The van der Waals surface area contributed by atoms with E-state index in [1.807, 2.05) is 0 Å². The van der Waals surface area contributed by atoms with E-state index in [2.05, 4.69) is 282 Å². The van der Waals surface area contributed by atoms with Crippen LogP contribution >= 0.6 is 0 Å². The molecule has 0 fully saturated rings. The number of rotatable bonds is 8. The zero-order valence-corrected chi connectivity index (χ0v) is 41.0. The number of hydrogen-bond acceptors (Lipinski definition) is 0. The molecule has 330 valence electrons. The lowest BCUT2D eigenvalue weighted by Crippen LogP contribution is -2.75. The summed E-state index contributed by atoms with van der Waals surface area (Å²) in [6.45, 7) is 0.0351. The Bertz CT molecular complexity index is 3750. The van der Waals surface area contributed by atoms with Crippen LogP contribution in [0, 0.1) is 0 Å². The first kappa shape index (κ1) is 40.4. The second kappa shape index (κ2) is 15.5. The minimum Gasteiger partial charge on any atom is -0.310 e. The number of nitrogens with zero attached hydrogens (tertiary/aromatic N) is 2. The van der Waals surface area contributed by atoms with Crippen molar-refractivity contribution in [3.05, 3.63) is 273 Å². The van der Waals surface area contributed by atoms with Crippen LogP contribution in [0.4, 0.5) is 0 Å². The van der Waals surface area contributed by atoms with Gasteiger partial charge >= 0.3 is 0 Å². The van der Waals surface area contributed by atoms with Crippen molar-refractivity contribution in [2.75, 3.05) is 0 Å². The van der Waals surface area contributed by atoms with E-state index in [9.17, 15) is 0 Å². The first-order valence-electron chi connectivity index (χ1n) is 24.9. The Hall–Kier alpha value is -8.48. The Morgan fingerprint density at radius 2 is 0.507 bits per heavy atom. The van der Waals surface area contributed by atoms with Crippen molar-refractivity contribution in [1.29, 1.82) is 0 Å². The maximum absolute atomic E-state index is 2.98. The fourth-order valence-corrected chi connectivity index (χ4v) is 23.5. The van der Waals surface area contributed by atoms with Gasteiger partial charge in [0, 0.05) is 44.0 Å². The van der Waals surface area contributed by atoms with Crippen LogP contribution in [-0.4, -0.2) is 32.0 Å². The molecule has 4 heterocycles. The van der Waals surface area contributed by atoms with Gasteiger partial charge in [-0.2, -0.15) is 0 Å². The van der Waals surface area contributed by atoms with Crippen molar-refractivity contribution < 1.29 is 0 Å². The third-order valence-corrected chi connectivity index (χ3v) is 25.8. The summed E-state index contributed by atoms with van der Waals surface area (Å²) in [6, 6.07) is 104. The molecule has 2 aliphatic heterocycles. The summed E-state index contributed by atoms with van der Waals surface area (Å²) in [4.78, 5) is 0. The van der Waals surface area contributed by atoms with Crippen LogP contribution in [0.25, 0.3) is 55.0 Å². The Morgan fingerprint density at radius 1 is 0.239 bits per heavy atom. The fraction of sp³-hybridized carbons (Fsp3) is 0. The minimum atomic E-state index is -2.98. The second-order valence-electron chi connectivity index (χ2n) is 19.4. The van der Waals surface area contributed by atoms with Gasteiger partial charge in [-0.1, -0.05) is 261 Å². The Kier molecular flexibility index (Phi) is 8.83. The minimum absolute atomic E-state index is 0.0351. The quantitative estimate of drug-likeness (QED) is 0.109. The standard InChI is InChI=1S/C66H45BN2Si2/c1-7-24-46(25-8-1)70(47-26-9-2-10-27-47,48-28-11-3-12-29-48)60-44-21-38-54-52-36-19-40-56-63(52)68(65(54)60)58-42-23-43-59-62(58)67(56)57-41-20-37-53-55-39-22-45-61(66(55)69(59)64(53)57)71(49-30-13-4-14-31-49,50-32-15-5-16-33-50)51-34-17-6-18-35-51/h1-45H. The van der Waals surface area contributed by atoms with Gasteiger partial charge in [-0.05, 0) is 70.0 Å². The molecule has 2 aromatic heterocycles. The predicted octanol–water partition coefficient (Wildman–Crippen LogP) is 7.78. The molecule has 0 saturated heterocycles. The van der Waals surface area contributed by atoms with Crippen LogP contribution in [0.15, 0.2) is 273 Å². The lowest BCUT2D eigenvalue weighted by Gasteiger charge is -2.37. The average molecular weight is 933 g/mol. The Labute approximate surface area is 415 Å². The first-order valence-corrected chi connectivity index (χ1v) is 28.9. The molecule has 0 unspecified atom stereocenters. The van der Waals surface area contributed by atoms with E-state index in [4.69, 9.17) is 0 Å². The maximum Gasteiger partial charge on any atom is 0.252 e. The number of fused-ring (bicyclic) bond motifs is 10. The van der Waals surface area contributed by atoms with E-state index in [1.54, 1.807) is 0 Å². The second-order valence-corrected chi connectivity index (χ2v) is 26.9. The van der Waals surface area contributed by atoms with Gasteiger partial charge in [-0.3, -0.25) is 0 Å². The van der Waals surface area contributed by atoms with E-state index in [0.717, 1.165) is 0 Å². The molecule has 2 nitrogen and oxygen atoms in total. The molecule has 0 radical (unpaired) electrons. The van der Waals surface area contributed by atoms with Gasteiger partial charge in [0.05, 0.1) is 11.0 Å². The Balaban J connectivity index is 1.10. The van der Waals surface area contributed by atoms with E-state index >= 15 is 0 Å². The molecule has 71 heavy (non-hydrogen) atoms. The Morgan fingerprint density at radius 3 is 0.817 bits per heavy atom. The molecule has 0 spiro atoms. The van der Waals surface area contributed by atoms with E-state index in [-0.39, 0.29) is 6.71 Å². The van der Waals surface area contributed by atoms with Crippen LogP contribution in [0.3, 0.4) is 0 Å². The van der Waals surface area contributed by atoms with Crippen molar-refractivity contribution >= 4 is 124 Å². The molecule has 0 N–H and O–H groups in total. The predicted molar refractivity (Wildman–Crippen MR) is 307 cm³/mol. The molecular weight excluding hydrogens is 888 g/mol. The average Bonchev–Trinajstić information content (AvgIpc) is 3.98. The molecule has 2 aliphatic rings. The molecule has 11 aromatic carbocycles. The zero-order valence-electron chi connectivity index (χ0n) is 39.0. The van der Waals surface area contributed by atoms with Crippen molar-refractivity contribution in [3.8, 4) is 11.4 Å². The van der Waals surface area contributed by atoms with Gasteiger partial charge in [0.1, 0.15) is 0 Å². The van der Waals surface area contributed by atoms with Gasteiger partial charge < -0.3 is 9.13 Å². The van der Waals surface area contributed by atoms with Gasteiger partial charge in [0.15, 0.2) is 16.1 Å². The summed E-state index contributed by atoms with van der Waals surface area (Å²) in [6.07, 6.45) is 0. The number of hydrogen-bond donors (Lipinski definition) is 0. The highest BCUT2D eigenvalue weighted by Gasteiger charge is 2.48. The van der Waals surface area contributed by atoms with Gasteiger partial charge in [0.2, 0.25) is 0 Å². The molecule has 15 rings (SSSR count). The summed E-state index contributed by atoms with van der Waals surface area (Å²) in [7, 11) is -5.97. The van der Waals surface area contributed by atoms with Crippen LogP contribution in [0.1, 0.15) is 0 Å². The summed E-state index contributed by atoms with van der Waals surface area (Å²) in [5.41, 5.74) is 11.8. The molecule has 0 saturated carbocycles. The largest absolute Gasteiger partial charge is 0.310 e. The lowest BCUT2D eigenvalue weighted by molar-refractivity contribution is 1.15. The summed E-state index contributed by atoms with van der Waals surface area (Å²) >= 11 is 0. The normalized spacial score (nSPS) is 12.8. The molecule has 0 bridgehead atoms. The SMILES string of the molecule is c1ccc([Si](c2ccccc2)(c2ccccc2)c2cccc3c4cccc5c4n(c23)-c2cccc3c2B5c2cccc4c5cccc([Si](c6ccccc6)(c6ccccc6)c6ccccc6)c5n-3c24)cc1. The van der Waals surface area contributed by atoms with Crippen molar-refractivity contribution in [3.63, 3.8) is 0 Å². The molecular formula is C66H45BN2Si2. The highest BCUT2D eigenvalue weighted by Crippen LogP contribution is 2.39. The zero-order chi connectivity index (χ0) is 46.7. The molecule has 0 aliphatic carbocycles. The lowest BCUT2D eigenvalue weighted by atomic mass is 9.34.